The average Bonchev–Trinajstić information content (AvgIpc) is 2.58. The summed E-state index contributed by atoms with van der Waals surface area (Å²) in [7, 11) is 0. The fraction of sp³-hybridized carbons (Fsp3) is 0.167. The number of ether oxygens (including phenoxy) is 1. The second-order valence-electron chi connectivity index (χ2n) is 3.29. The predicted octanol–water partition coefficient (Wildman–Crippen LogP) is 2.84. The van der Waals surface area contributed by atoms with Crippen molar-refractivity contribution < 1.29 is 9.84 Å². The lowest BCUT2D eigenvalue weighted by molar-refractivity contribution is 0.0852. The molecule has 0 aliphatic heterocycles. The van der Waals surface area contributed by atoms with Crippen LogP contribution in [0.3, 0.4) is 0 Å². The summed E-state index contributed by atoms with van der Waals surface area (Å²) in [5.41, 5.74) is 2.33. The molecule has 0 saturated carbocycles. The molecule has 1 N–H and O–H groups in total. The molecule has 1 aromatic rings. The van der Waals surface area contributed by atoms with Crippen molar-refractivity contribution in [3.05, 3.63) is 53.8 Å². The van der Waals surface area contributed by atoms with Crippen LogP contribution in [0.25, 0.3) is 6.08 Å². The molecule has 2 nitrogen and oxygen atoms in total. The Morgan fingerprint density at radius 1 is 1.43 bits per heavy atom. The minimum Gasteiger partial charge on any atom is -0.510 e. The zero-order valence-corrected chi connectivity index (χ0v) is 7.81. The summed E-state index contributed by atoms with van der Waals surface area (Å²) in [6.07, 6.45) is 3.96. The Balaban J connectivity index is 2.11. The fourth-order valence-electron chi connectivity index (χ4n) is 1.55. The Bertz CT molecular complexity index is 380. The molecule has 1 atom stereocenters. The van der Waals surface area contributed by atoms with Crippen molar-refractivity contribution in [2.24, 2.45) is 0 Å². The maximum atomic E-state index is 8.92. The summed E-state index contributed by atoms with van der Waals surface area (Å²) in [5, 5.41) is 8.92. The van der Waals surface area contributed by atoms with E-state index in [2.05, 4.69) is 6.58 Å². The van der Waals surface area contributed by atoms with Crippen LogP contribution in [0.1, 0.15) is 17.2 Å². The van der Waals surface area contributed by atoms with Crippen molar-refractivity contribution in [2.75, 3.05) is 6.61 Å². The molecule has 2 rings (SSSR count). The largest absolute Gasteiger partial charge is 0.510 e. The molecule has 0 aromatic heterocycles. The number of aliphatic hydroxyl groups excluding tert-OH is 1. The Morgan fingerprint density at radius 3 is 3.00 bits per heavy atom. The molecule has 0 amide bonds. The summed E-state index contributed by atoms with van der Waals surface area (Å²) in [6, 6.07) is 8.05. The monoisotopic (exact) mass is 188 g/mol. The highest BCUT2D eigenvalue weighted by Crippen LogP contribution is 2.30. The van der Waals surface area contributed by atoms with Crippen LogP contribution in [0.4, 0.5) is 0 Å². The predicted molar refractivity (Wildman–Crippen MR) is 55.9 cm³/mol. The lowest BCUT2D eigenvalue weighted by atomic mass is 10.1. The van der Waals surface area contributed by atoms with E-state index in [0.717, 1.165) is 5.56 Å². The van der Waals surface area contributed by atoms with Gasteiger partial charge in [0.25, 0.3) is 0 Å². The second-order valence-corrected chi connectivity index (χ2v) is 3.29. The van der Waals surface area contributed by atoms with Gasteiger partial charge in [-0.3, -0.25) is 0 Å². The maximum absolute atomic E-state index is 8.92. The van der Waals surface area contributed by atoms with Gasteiger partial charge in [-0.2, -0.15) is 0 Å². The molecular weight excluding hydrogens is 176 g/mol. The molecule has 0 heterocycles. The first-order valence-electron chi connectivity index (χ1n) is 4.53. The SMILES string of the molecule is C=C(O)COC1C=Cc2ccccc21. The second kappa shape index (κ2) is 3.68. The van der Waals surface area contributed by atoms with Crippen molar-refractivity contribution in [3.8, 4) is 0 Å². The van der Waals surface area contributed by atoms with Crippen LogP contribution in [0.2, 0.25) is 0 Å². The lowest BCUT2D eigenvalue weighted by Crippen LogP contribution is -2.02. The van der Waals surface area contributed by atoms with E-state index < -0.39 is 0 Å². The number of aliphatic hydroxyl groups is 1. The molecule has 1 unspecified atom stereocenters. The fourth-order valence-corrected chi connectivity index (χ4v) is 1.55. The molecule has 0 fully saturated rings. The first-order valence-corrected chi connectivity index (χ1v) is 4.53. The average molecular weight is 188 g/mol. The molecule has 0 bridgehead atoms. The number of hydrogen-bond acceptors (Lipinski definition) is 2. The first kappa shape index (κ1) is 9.03. The normalized spacial score (nSPS) is 18.1. The van der Waals surface area contributed by atoms with Gasteiger partial charge >= 0.3 is 0 Å². The van der Waals surface area contributed by atoms with E-state index in [0.29, 0.717) is 0 Å². The Morgan fingerprint density at radius 2 is 2.21 bits per heavy atom. The van der Waals surface area contributed by atoms with Crippen molar-refractivity contribution in [1.82, 2.24) is 0 Å². The molecule has 14 heavy (non-hydrogen) atoms. The smallest absolute Gasteiger partial charge is 0.111 e. The summed E-state index contributed by atoms with van der Waals surface area (Å²) in [5.74, 6) is 0.0581. The standard InChI is InChI=1S/C12H12O2/c1-9(13)8-14-12-7-6-10-4-2-3-5-11(10)12/h2-7,12-13H,1,8H2. The van der Waals surface area contributed by atoms with Gasteiger partial charge in [0, 0.05) is 0 Å². The summed E-state index contributed by atoms with van der Waals surface area (Å²) < 4.78 is 5.45. The Kier molecular flexibility index (Phi) is 2.37. The number of rotatable bonds is 3. The van der Waals surface area contributed by atoms with E-state index in [1.54, 1.807) is 0 Å². The molecule has 0 saturated heterocycles. The van der Waals surface area contributed by atoms with Gasteiger partial charge in [0.2, 0.25) is 0 Å². The number of fused-ring (bicyclic) bond motifs is 1. The van der Waals surface area contributed by atoms with Gasteiger partial charge < -0.3 is 9.84 Å². The maximum Gasteiger partial charge on any atom is 0.111 e. The van der Waals surface area contributed by atoms with Crippen LogP contribution >= 0.6 is 0 Å². The molecule has 1 aliphatic rings. The van der Waals surface area contributed by atoms with E-state index >= 15 is 0 Å². The highest BCUT2D eigenvalue weighted by atomic mass is 16.5. The van der Waals surface area contributed by atoms with Gasteiger partial charge in [-0.1, -0.05) is 43.0 Å². The van der Waals surface area contributed by atoms with Gasteiger partial charge in [0.15, 0.2) is 0 Å². The van der Waals surface area contributed by atoms with Gasteiger partial charge in [-0.15, -0.1) is 0 Å². The molecule has 0 spiro atoms. The van der Waals surface area contributed by atoms with E-state index in [4.69, 9.17) is 9.84 Å². The van der Waals surface area contributed by atoms with Crippen molar-refractivity contribution >= 4 is 6.08 Å². The van der Waals surface area contributed by atoms with Gasteiger partial charge in [-0.25, -0.2) is 0 Å². The third-order valence-corrected chi connectivity index (χ3v) is 2.18. The number of benzene rings is 1. The first-order chi connectivity index (χ1) is 6.77. The minimum absolute atomic E-state index is 0.0462. The van der Waals surface area contributed by atoms with Crippen molar-refractivity contribution in [3.63, 3.8) is 0 Å². The zero-order chi connectivity index (χ0) is 9.97. The van der Waals surface area contributed by atoms with Gasteiger partial charge in [0.1, 0.15) is 18.5 Å². The number of hydrogen-bond donors (Lipinski definition) is 1. The van der Waals surface area contributed by atoms with Crippen LogP contribution in [-0.2, 0) is 4.74 Å². The topological polar surface area (TPSA) is 29.5 Å². The van der Waals surface area contributed by atoms with Crippen LogP contribution in [0.5, 0.6) is 0 Å². The Hall–Kier alpha value is -1.54. The lowest BCUT2D eigenvalue weighted by Gasteiger charge is -2.11. The quantitative estimate of drug-likeness (QED) is 0.739. The van der Waals surface area contributed by atoms with E-state index in [-0.39, 0.29) is 18.5 Å². The molecule has 2 heteroatoms. The van der Waals surface area contributed by atoms with E-state index in [1.807, 2.05) is 36.4 Å². The third-order valence-electron chi connectivity index (χ3n) is 2.18. The molecular formula is C12H12O2. The molecule has 72 valence electrons. The van der Waals surface area contributed by atoms with Gasteiger partial charge in [0.05, 0.1) is 0 Å². The van der Waals surface area contributed by atoms with Gasteiger partial charge in [-0.05, 0) is 11.1 Å². The highest BCUT2D eigenvalue weighted by molar-refractivity contribution is 5.61. The summed E-state index contributed by atoms with van der Waals surface area (Å²) >= 11 is 0. The molecule has 1 aromatic carbocycles. The third kappa shape index (κ3) is 1.70. The molecule has 0 radical (unpaired) electrons. The molecule has 1 aliphatic carbocycles. The van der Waals surface area contributed by atoms with E-state index in [9.17, 15) is 0 Å². The van der Waals surface area contributed by atoms with Crippen LogP contribution in [0.15, 0.2) is 42.7 Å². The summed E-state index contributed by atoms with van der Waals surface area (Å²) in [4.78, 5) is 0. The van der Waals surface area contributed by atoms with Crippen molar-refractivity contribution in [1.29, 1.82) is 0 Å². The zero-order valence-electron chi connectivity index (χ0n) is 7.81. The van der Waals surface area contributed by atoms with E-state index in [1.165, 1.54) is 5.56 Å². The van der Waals surface area contributed by atoms with Crippen LogP contribution in [0, 0.1) is 0 Å². The highest BCUT2D eigenvalue weighted by Gasteiger charge is 2.16. The van der Waals surface area contributed by atoms with Crippen LogP contribution < -0.4 is 0 Å². The summed E-state index contributed by atoms with van der Waals surface area (Å²) in [6.45, 7) is 3.56. The minimum atomic E-state index is -0.0462. The Labute approximate surface area is 83.1 Å². The van der Waals surface area contributed by atoms with Crippen molar-refractivity contribution in [2.45, 2.75) is 6.10 Å². The van der Waals surface area contributed by atoms with Crippen LogP contribution in [-0.4, -0.2) is 11.7 Å².